The predicted molar refractivity (Wildman–Crippen MR) is 62.9 cm³/mol. The van der Waals surface area contributed by atoms with Crippen LogP contribution in [0.3, 0.4) is 0 Å². The Morgan fingerprint density at radius 3 is 2.67 bits per heavy atom. The van der Waals surface area contributed by atoms with E-state index in [1.807, 2.05) is 0 Å². The molecule has 15 heavy (non-hydrogen) atoms. The maximum Gasteiger partial charge on any atom is 0.310 e. The monoisotopic (exact) mass is 334 g/mol. The van der Waals surface area contributed by atoms with Crippen LogP contribution in [-0.4, -0.2) is 19.4 Å². The largest absolute Gasteiger partial charge is 0.469 e. The first kappa shape index (κ1) is 12.4. The van der Waals surface area contributed by atoms with Gasteiger partial charge in [0, 0.05) is 14.5 Å². The van der Waals surface area contributed by atoms with E-state index < -0.39 is 0 Å². The lowest BCUT2D eigenvalue weighted by molar-refractivity contribution is -0.139. The smallest absolute Gasteiger partial charge is 0.310 e. The van der Waals surface area contributed by atoms with Gasteiger partial charge in [0.1, 0.15) is 0 Å². The number of ether oxygens (including phenoxy) is 1. The highest BCUT2D eigenvalue weighted by Crippen LogP contribution is 2.26. The maximum atomic E-state index is 11.1. The third-order valence-corrected chi connectivity index (χ3v) is 3.26. The lowest BCUT2D eigenvalue weighted by Gasteiger charge is -2.06. The molecule has 0 unspecified atom stereocenters. The average molecular weight is 336 g/mol. The summed E-state index contributed by atoms with van der Waals surface area (Å²) in [6.07, 6.45) is 0.868. The summed E-state index contributed by atoms with van der Waals surface area (Å²) in [7, 11) is 1.33. The van der Waals surface area contributed by atoms with E-state index >= 15 is 0 Å². The van der Waals surface area contributed by atoms with Gasteiger partial charge in [-0.05, 0) is 33.6 Å². The van der Waals surface area contributed by atoms with Gasteiger partial charge in [0.05, 0.1) is 13.5 Å². The van der Waals surface area contributed by atoms with Crippen molar-refractivity contribution in [2.45, 2.75) is 6.42 Å². The number of aldehydes is 1. The van der Waals surface area contributed by atoms with Crippen LogP contribution >= 0.6 is 31.9 Å². The molecule has 0 heterocycles. The molecule has 5 heteroatoms. The first-order valence-corrected chi connectivity index (χ1v) is 5.67. The van der Waals surface area contributed by atoms with Gasteiger partial charge >= 0.3 is 5.97 Å². The van der Waals surface area contributed by atoms with Crippen molar-refractivity contribution in [3.63, 3.8) is 0 Å². The van der Waals surface area contributed by atoms with Crippen molar-refractivity contribution in [3.8, 4) is 0 Å². The van der Waals surface area contributed by atoms with Crippen molar-refractivity contribution in [3.05, 3.63) is 32.2 Å². The van der Waals surface area contributed by atoms with Gasteiger partial charge in [-0.2, -0.15) is 0 Å². The van der Waals surface area contributed by atoms with Gasteiger partial charge in [0.15, 0.2) is 6.29 Å². The molecule has 0 atom stereocenters. The molecule has 0 N–H and O–H groups in total. The van der Waals surface area contributed by atoms with E-state index in [0.717, 1.165) is 16.3 Å². The van der Waals surface area contributed by atoms with Crippen molar-refractivity contribution in [2.75, 3.05) is 7.11 Å². The predicted octanol–water partition coefficient (Wildman–Crippen LogP) is 2.74. The Kier molecular flexibility index (Phi) is 4.47. The van der Waals surface area contributed by atoms with Crippen LogP contribution in [0.4, 0.5) is 0 Å². The summed E-state index contributed by atoms with van der Waals surface area (Å²) in [6.45, 7) is 0. The minimum absolute atomic E-state index is 0.136. The fourth-order valence-electron chi connectivity index (χ4n) is 1.11. The summed E-state index contributed by atoms with van der Waals surface area (Å²) < 4.78 is 5.95. The number of halogens is 2. The van der Waals surface area contributed by atoms with Crippen molar-refractivity contribution in [2.24, 2.45) is 0 Å². The molecule has 0 aliphatic rings. The number of benzene rings is 1. The Morgan fingerprint density at radius 2 is 2.13 bits per heavy atom. The van der Waals surface area contributed by atoms with E-state index in [9.17, 15) is 9.59 Å². The van der Waals surface area contributed by atoms with Crippen molar-refractivity contribution in [1.29, 1.82) is 0 Å². The minimum atomic E-state index is -0.342. The van der Waals surface area contributed by atoms with Crippen LogP contribution in [0.1, 0.15) is 15.9 Å². The molecule has 0 aliphatic heterocycles. The molecule has 0 fully saturated rings. The Labute approximate surface area is 104 Å². The normalized spacial score (nSPS) is 9.80. The van der Waals surface area contributed by atoms with Crippen molar-refractivity contribution >= 4 is 44.1 Å². The Morgan fingerprint density at radius 1 is 1.47 bits per heavy atom. The van der Waals surface area contributed by atoms with Gasteiger partial charge in [-0.3, -0.25) is 9.59 Å². The maximum absolute atomic E-state index is 11.1. The van der Waals surface area contributed by atoms with Crippen LogP contribution in [-0.2, 0) is 16.0 Å². The SMILES string of the molecule is COC(=O)Cc1cc(Br)cc(C=O)c1Br. The van der Waals surface area contributed by atoms with E-state index in [4.69, 9.17) is 0 Å². The molecular weight excluding hydrogens is 328 g/mol. The molecule has 0 saturated heterocycles. The number of rotatable bonds is 3. The fraction of sp³-hybridized carbons (Fsp3) is 0.200. The Balaban J connectivity index is 3.11. The number of carbonyl (C=O) groups is 2. The van der Waals surface area contributed by atoms with Gasteiger partial charge in [0.25, 0.3) is 0 Å². The summed E-state index contributed by atoms with van der Waals surface area (Å²) in [5, 5.41) is 0. The number of hydrogen-bond acceptors (Lipinski definition) is 3. The highest BCUT2D eigenvalue weighted by atomic mass is 79.9. The van der Waals surface area contributed by atoms with E-state index in [1.54, 1.807) is 12.1 Å². The van der Waals surface area contributed by atoms with Crippen LogP contribution in [0.25, 0.3) is 0 Å². The second-order valence-electron chi connectivity index (χ2n) is 2.84. The molecule has 0 saturated carbocycles. The molecule has 3 nitrogen and oxygen atoms in total. The Hall–Kier alpha value is -0.680. The second-order valence-corrected chi connectivity index (χ2v) is 4.55. The summed E-state index contributed by atoms with van der Waals surface area (Å²) in [5.41, 5.74) is 1.22. The average Bonchev–Trinajstić information content (AvgIpc) is 2.22. The molecule has 0 aliphatic carbocycles. The number of carbonyl (C=O) groups excluding carboxylic acids is 2. The second kappa shape index (κ2) is 5.42. The molecule has 80 valence electrons. The van der Waals surface area contributed by atoms with Crippen molar-refractivity contribution < 1.29 is 14.3 Å². The number of hydrogen-bond donors (Lipinski definition) is 0. The lowest BCUT2D eigenvalue weighted by atomic mass is 10.1. The minimum Gasteiger partial charge on any atom is -0.469 e. The van der Waals surface area contributed by atoms with Crippen LogP contribution in [0, 0.1) is 0 Å². The first-order chi connectivity index (χ1) is 7.08. The van der Waals surface area contributed by atoms with Gasteiger partial charge in [-0.25, -0.2) is 0 Å². The molecule has 1 aromatic rings. The zero-order valence-electron chi connectivity index (χ0n) is 7.92. The molecule has 0 spiro atoms. The zero-order valence-corrected chi connectivity index (χ0v) is 11.1. The molecule has 1 aromatic carbocycles. The van der Waals surface area contributed by atoms with Crippen LogP contribution in [0.2, 0.25) is 0 Å². The topological polar surface area (TPSA) is 43.4 Å². The highest BCUT2D eigenvalue weighted by Gasteiger charge is 2.11. The van der Waals surface area contributed by atoms with E-state index in [-0.39, 0.29) is 12.4 Å². The summed E-state index contributed by atoms with van der Waals surface area (Å²) >= 11 is 6.54. The Bertz CT molecular complexity index is 402. The van der Waals surface area contributed by atoms with Gasteiger partial charge in [-0.15, -0.1) is 0 Å². The third kappa shape index (κ3) is 3.14. The van der Waals surface area contributed by atoms with Gasteiger partial charge < -0.3 is 4.74 Å². The van der Waals surface area contributed by atoms with Crippen LogP contribution in [0.15, 0.2) is 21.1 Å². The van der Waals surface area contributed by atoms with Crippen molar-refractivity contribution in [1.82, 2.24) is 0 Å². The summed E-state index contributed by atoms with van der Waals surface area (Å²) in [6, 6.07) is 3.45. The lowest BCUT2D eigenvalue weighted by Crippen LogP contribution is -2.06. The van der Waals surface area contributed by atoms with Crippen LogP contribution in [0.5, 0.6) is 0 Å². The number of esters is 1. The summed E-state index contributed by atoms with van der Waals surface area (Å²) in [5.74, 6) is -0.342. The molecule has 0 amide bonds. The third-order valence-electron chi connectivity index (χ3n) is 1.83. The zero-order chi connectivity index (χ0) is 11.4. The molecule has 1 rings (SSSR count). The molecule has 0 bridgehead atoms. The standard InChI is InChI=1S/C10H8Br2O3/c1-15-9(14)4-6-2-8(11)3-7(5-13)10(6)12/h2-3,5H,4H2,1H3. The van der Waals surface area contributed by atoms with Crippen LogP contribution < -0.4 is 0 Å². The number of methoxy groups -OCH3 is 1. The van der Waals surface area contributed by atoms with E-state index in [2.05, 4.69) is 36.6 Å². The van der Waals surface area contributed by atoms with Gasteiger partial charge in [0.2, 0.25) is 0 Å². The van der Waals surface area contributed by atoms with E-state index in [1.165, 1.54) is 7.11 Å². The molecular formula is C10H8Br2O3. The van der Waals surface area contributed by atoms with E-state index in [0.29, 0.717) is 10.0 Å². The quantitative estimate of drug-likeness (QED) is 0.630. The fourth-order valence-corrected chi connectivity index (χ4v) is 2.10. The van der Waals surface area contributed by atoms with Gasteiger partial charge in [-0.1, -0.05) is 15.9 Å². The highest BCUT2D eigenvalue weighted by molar-refractivity contribution is 9.11. The molecule has 0 aromatic heterocycles. The molecule has 0 radical (unpaired) electrons. The summed E-state index contributed by atoms with van der Waals surface area (Å²) in [4.78, 5) is 21.8. The first-order valence-electron chi connectivity index (χ1n) is 4.08.